The lowest BCUT2D eigenvalue weighted by atomic mass is 9.69. The van der Waals surface area contributed by atoms with Crippen molar-refractivity contribution in [2.24, 2.45) is 38.6 Å². The first-order chi connectivity index (χ1) is 15.6. The molecule has 0 aromatic heterocycles. The number of hydrogen-bond donors (Lipinski definition) is 0. The van der Waals surface area contributed by atoms with Crippen molar-refractivity contribution in [2.75, 3.05) is 11.5 Å². The molecule has 4 saturated carbocycles. The summed E-state index contributed by atoms with van der Waals surface area (Å²) < 4.78 is 54.2. The summed E-state index contributed by atoms with van der Waals surface area (Å²) in [4.78, 5) is 14.1. The number of hydrogen-bond acceptors (Lipinski definition) is 7. The molecule has 2 saturated heterocycles. The summed E-state index contributed by atoms with van der Waals surface area (Å²) in [7, 11) is -8.16. The maximum atomic E-state index is 14.1. The van der Waals surface area contributed by atoms with Crippen molar-refractivity contribution in [3.8, 4) is 0 Å². The van der Waals surface area contributed by atoms with Crippen molar-refractivity contribution in [1.82, 2.24) is 9.42 Å². The Labute approximate surface area is 200 Å². The summed E-state index contributed by atoms with van der Waals surface area (Å²) in [6.45, 7) is 8.30. The maximum Gasteiger partial charge on any atom is 0.482 e. The normalized spacial score (nSPS) is 52.5. The molecule has 7 atom stereocenters. The number of amides is 2. The molecule has 0 aromatic carbocycles. The third kappa shape index (κ3) is 1.87. The minimum Gasteiger partial charge on any atom is -0.841 e. The van der Waals surface area contributed by atoms with Gasteiger partial charge >= 0.3 is 16.1 Å². The van der Waals surface area contributed by atoms with Crippen LogP contribution >= 0.6 is 0 Å². The number of rotatable bonds is 1. The van der Waals surface area contributed by atoms with Crippen LogP contribution in [0.4, 0.5) is 4.79 Å². The van der Waals surface area contributed by atoms with Crippen LogP contribution in [-0.2, 0) is 20.0 Å². The highest BCUT2D eigenvalue weighted by atomic mass is 32.2. The molecule has 4 aliphatic carbocycles. The molecule has 7 aliphatic rings. The number of hydrazine groups is 1. The first-order valence-electron chi connectivity index (χ1n) is 12.3. The monoisotopic (exact) mass is 512 g/mol. The van der Waals surface area contributed by atoms with E-state index in [1.54, 1.807) is 0 Å². The Hall–Kier alpha value is -1.24. The number of quaternary nitrogens is 1. The van der Waals surface area contributed by atoms with Gasteiger partial charge in [0.25, 0.3) is 0 Å². The number of urea groups is 1. The number of amidine groups is 1. The quantitative estimate of drug-likeness (QED) is 0.485. The van der Waals surface area contributed by atoms with Crippen LogP contribution < -0.4 is 5.11 Å². The molecule has 0 N–H and O–H groups in total. The van der Waals surface area contributed by atoms with Crippen molar-refractivity contribution in [3.63, 3.8) is 0 Å². The molecule has 7 rings (SSSR count). The zero-order valence-electron chi connectivity index (χ0n) is 20.0. The van der Waals surface area contributed by atoms with E-state index in [4.69, 9.17) is 0 Å². The fourth-order valence-electron chi connectivity index (χ4n) is 9.99. The van der Waals surface area contributed by atoms with Crippen LogP contribution in [0, 0.1) is 33.5 Å². The van der Waals surface area contributed by atoms with Gasteiger partial charge in [0.2, 0.25) is 10.0 Å². The predicted octanol–water partition coefficient (Wildman–Crippen LogP) is 1.16. The van der Waals surface area contributed by atoms with Crippen LogP contribution in [0.25, 0.3) is 0 Å². The Morgan fingerprint density at radius 1 is 0.941 bits per heavy atom. The molecular formula is C22H32N4O6S2. The summed E-state index contributed by atoms with van der Waals surface area (Å²) in [5, 5.41) is 18.0. The van der Waals surface area contributed by atoms with Gasteiger partial charge in [-0.1, -0.05) is 37.2 Å². The van der Waals surface area contributed by atoms with Gasteiger partial charge < -0.3 is 5.11 Å². The summed E-state index contributed by atoms with van der Waals surface area (Å²) in [5.74, 6) is 0.231. The van der Waals surface area contributed by atoms with Gasteiger partial charge in [-0.05, 0) is 58.8 Å². The van der Waals surface area contributed by atoms with E-state index in [1.807, 2.05) is 0 Å². The van der Waals surface area contributed by atoms with Gasteiger partial charge in [0.05, 0.1) is 17.2 Å². The lowest BCUT2D eigenvalue weighted by Gasteiger charge is -2.39. The van der Waals surface area contributed by atoms with Crippen LogP contribution in [0.15, 0.2) is 5.10 Å². The van der Waals surface area contributed by atoms with E-state index in [0.717, 1.165) is 23.7 Å². The number of sulfonamides is 2. The Morgan fingerprint density at radius 3 is 2.15 bits per heavy atom. The maximum absolute atomic E-state index is 14.1. The van der Waals surface area contributed by atoms with Crippen molar-refractivity contribution in [1.29, 1.82) is 0 Å². The van der Waals surface area contributed by atoms with E-state index in [1.165, 1.54) is 0 Å². The molecule has 2 amide bonds. The number of fused-ring (bicyclic) bond motifs is 3. The van der Waals surface area contributed by atoms with Crippen LogP contribution in [-0.4, -0.2) is 65.9 Å². The molecule has 0 aromatic rings. The molecule has 188 valence electrons. The van der Waals surface area contributed by atoms with Gasteiger partial charge in [0, 0.05) is 11.8 Å². The Kier molecular flexibility index (Phi) is 3.57. The van der Waals surface area contributed by atoms with Gasteiger partial charge in [-0.3, -0.25) is 0 Å². The third-order valence-corrected chi connectivity index (χ3v) is 16.2. The average molecular weight is 513 g/mol. The Bertz CT molecular complexity index is 1310. The predicted molar refractivity (Wildman–Crippen MR) is 119 cm³/mol. The zero-order chi connectivity index (χ0) is 24.5. The van der Waals surface area contributed by atoms with Crippen molar-refractivity contribution < 1.29 is 30.7 Å². The zero-order valence-corrected chi connectivity index (χ0v) is 21.7. The van der Waals surface area contributed by atoms with Crippen LogP contribution in [0.1, 0.15) is 66.2 Å². The second kappa shape index (κ2) is 5.52. The molecule has 6 fully saturated rings. The summed E-state index contributed by atoms with van der Waals surface area (Å²) in [6.07, 6.45) is 4.28. The minimum atomic E-state index is -4.16. The van der Waals surface area contributed by atoms with E-state index >= 15 is 0 Å². The highest BCUT2D eigenvalue weighted by Crippen LogP contribution is 2.73. The van der Waals surface area contributed by atoms with Crippen LogP contribution in [0.2, 0.25) is 0 Å². The summed E-state index contributed by atoms with van der Waals surface area (Å²) in [5.41, 5.74) is -1.72. The minimum absolute atomic E-state index is 0.125. The first kappa shape index (κ1) is 22.0. The van der Waals surface area contributed by atoms with E-state index in [-0.39, 0.29) is 28.3 Å². The second-order valence-corrected chi connectivity index (χ2v) is 16.9. The van der Waals surface area contributed by atoms with Gasteiger partial charge in [-0.25, -0.2) is 13.2 Å². The van der Waals surface area contributed by atoms with Gasteiger partial charge in [0.15, 0.2) is 0 Å². The molecule has 7 unspecified atom stereocenters. The van der Waals surface area contributed by atoms with Crippen LogP contribution in [0.3, 0.4) is 0 Å². The van der Waals surface area contributed by atoms with E-state index in [9.17, 15) is 26.7 Å². The molecule has 0 radical (unpaired) electrons. The fourth-order valence-corrected chi connectivity index (χ4v) is 15.3. The Balaban J connectivity index is 1.36. The molecule has 3 heterocycles. The molecule has 4 bridgehead atoms. The molecule has 34 heavy (non-hydrogen) atoms. The third-order valence-electron chi connectivity index (χ3n) is 12.1. The molecule has 12 heteroatoms. The van der Waals surface area contributed by atoms with Crippen molar-refractivity contribution in [2.45, 2.75) is 78.3 Å². The molecule has 3 spiro atoms. The number of carbonyl (C=O) groups excluding carboxylic acids is 1. The average Bonchev–Trinajstić information content (AvgIpc) is 3.44. The Morgan fingerprint density at radius 2 is 1.53 bits per heavy atom. The second-order valence-electron chi connectivity index (χ2n) is 13.1. The lowest BCUT2D eigenvalue weighted by molar-refractivity contribution is -0.758. The van der Waals surface area contributed by atoms with Gasteiger partial charge in [-0.2, -0.15) is 13.4 Å². The van der Waals surface area contributed by atoms with E-state index < -0.39 is 59.0 Å². The number of nitrogens with zero attached hydrogens (tertiary/aromatic N) is 4. The summed E-state index contributed by atoms with van der Waals surface area (Å²) in [6, 6.07) is -3.25. The summed E-state index contributed by atoms with van der Waals surface area (Å²) >= 11 is 0. The van der Waals surface area contributed by atoms with Crippen molar-refractivity contribution in [3.05, 3.63) is 0 Å². The largest absolute Gasteiger partial charge is 0.841 e. The fraction of sp³-hybridized carbons (Fsp3) is 0.909. The molecule has 3 aliphatic heterocycles. The topological polar surface area (TPSA) is 127 Å². The van der Waals surface area contributed by atoms with E-state index in [2.05, 4.69) is 32.8 Å². The standard InChI is InChI=1S/C22H32N4O6S2/c1-19(2)13-5-7-21(19)11-33(29,30)25(15(21)9-13)24-17(27)23-26(18(24)28)16-10-14-6-8-22(16,20(14,3)4)12-34(26,31)32/h13-16H,5-12H2,1-4H3. The highest BCUT2D eigenvalue weighted by Gasteiger charge is 2.84. The first-order valence-corrected chi connectivity index (χ1v) is 15.6. The van der Waals surface area contributed by atoms with Crippen molar-refractivity contribution >= 4 is 32.1 Å². The highest BCUT2D eigenvalue weighted by molar-refractivity contribution is 7.89. The van der Waals surface area contributed by atoms with Gasteiger partial charge in [-0.15, -0.1) is 0 Å². The number of carbonyl (C=O) groups is 1. The smallest absolute Gasteiger partial charge is 0.482 e. The SMILES string of the molecule is CC1(C)C2CCC13CS(=O)(=O)N(N1C(=O)[N+]4(N=C1[O-])C1CC5CCC1(CS4(=O)=O)C5(C)C)C3C2. The lowest BCUT2D eigenvalue weighted by Crippen LogP contribution is -2.62. The van der Waals surface area contributed by atoms with Gasteiger partial charge in [0.1, 0.15) is 17.8 Å². The molecular weight excluding hydrogens is 480 g/mol. The van der Waals surface area contributed by atoms with Crippen LogP contribution in [0.5, 0.6) is 0 Å². The van der Waals surface area contributed by atoms with E-state index in [0.29, 0.717) is 30.2 Å². The molecule has 10 nitrogen and oxygen atoms in total.